The number of halogens is 1. The van der Waals surface area contributed by atoms with Gasteiger partial charge in [0.1, 0.15) is 5.75 Å². The number of aliphatic imine (C=N–C) groups is 1. The molecule has 0 saturated carbocycles. The molecule has 2 rings (SSSR count). The van der Waals surface area contributed by atoms with Gasteiger partial charge in [-0.15, -0.1) is 24.0 Å². The number of ether oxygens (including phenoxy) is 2. The Morgan fingerprint density at radius 1 is 1.16 bits per heavy atom. The maximum absolute atomic E-state index is 11.9. The zero-order valence-corrected chi connectivity index (χ0v) is 21.5. The lowest BCUT2D eigenvalue weighted by molar-refractivity contribution is -0.120. The lowest BCUT2D eigenvalue weighted by atomic mass is 10.2. The second kappa shape index (κ2) is 13.2. The number of amides is 1. The van der Waals surface area contributed by atoms with Crippen LogP contribution in [-0.4, -0.2) is 69.3 Å². The number of benzene rings is 1. The van der Waals surface area contributed by atoms with Crippen LogP contribution in [0.4, 0.5) is 0 Å². The van der Waals surface area contributed by atoms with Gasteiger partial charge in [0.25, 0.3) is 0 Å². The minimum absolute atomic E-state index is 0. The average molecular weight is 543 g/mol. The van der Waals surface area contributed by atoms with Crippen LogP contribution in [0.3, 0.4) is 0 Å². The molecule has 0 aliphatic rings. The number of nitrogens with zero attached hydrogens (tertiary/aromatic N) is 3. The first-order valence-corrected chi connectivity index (χ1v) is 9.91. The molecule has 31 heavy (non-hydrogen) atoms. The van der Waals surface area contributed by atoms with Crippen molar-refractivity contribution in [2.45, 2.75) is 20.4 Å². The summed E-state index contributed by atoms with van der Waals surface area (Å²) in [4.78, 5) is 18.2. The van der Waals surface area contributed by atoms with E-state index >= 15 is 0 Å². The Morgan fingerprint density at radius 3 is 2.42 bits per heavy atom. The molecular formula is C22H34IN5O3. The topological polar surface area (TPSA) is 80.1 Å². The Kier molecular flexibility index (Phi) is 11.4. The van der Waals surface area contributed by atoms with Crippen molar-refractivity contribution in [2.75, 3.05) is 48.0 Å². The summed E-state index contributed by atoms with van der Waals surface area (Å²) in [6.45, 7) is 6.01. The number of aryl methyl sites for hydroxylation is 1. The van der Waals surface area contributed by atoms with Gasteiger partial charge in [-0.05, 0) is 49.7 Å². The van der Waals surface area contributed by atoms with Gasteiger partial charge in [-0.3, -0.25) is 9.79 Å². The molecule has 0 unspecified atom stereocenters. The largest absolute Gasteiger partial charge is 0.497 e. The lowest BCUT2D eigenvalue weighted by Crippen LogP contribution is -2.44. The van der Waals surface area contributed by atoms with Crippen LogP contribution in [0.2, 0.25) is 0 Å². The minimum Gasteiger partial charge on any atom is -0.497 e. The number of nitrogens with one attached hydrogen (secondary N) is 2. The van der Waals surface area contributed by atoms with Crippen molar-refractivity contribution < 1.29 is 14.3 Å². The van der Waals surface area contributed by atoms with E-state index in [2.05, 4.69) is 52.2 Å². The third kappa shape index (κ3) is 7.42. The molecule has 1 aromatic heterocycles. The molecular weight excluding hydrogens is 509 g/mol. The van der Waals surface area contributed by atoms with E-state index in [1.54, 1.807) is 21.3 Å². The summed E-state index contributed by atoms with van der Waals surface area (Å²) in [6, 6.07) is 10.2. The molecule has 0 atom stereocenters. The maximum atomic E-state index is 11.9. The second-order valence-corrected chi connectivity index (χ2v) is 7.03. The molecule has 1 heterocycles. The van der Waals surface area contributed by atoms with Crippen LogP contribution in [0.5, 0.6) is 5.75 Å². The Morgan fingerprint density at radius 2 is 1.84 bits per heavy atom. The van der Waals surface area contributed by atoms with Crippen molar-refractivity contribution in [3.05, 3.63) is 47.3 Å². The highest BCUT2D eigenvalue weighted by atomic mass is 127. The van der Waals surface area contributed by atoms with E-state index in [0.29, 0.717) is 25.7 Å². The SMILES string of the molecule is CN=C(NCC(=O)NCCOC)N(C)Cc1cc(C)n(-c2ccc(OC)cc2)c1C.I. The van der Waals surface area contributed by atoms with E-state index in [1.165, 1.54) is 5.56 Å². The molecule has 1 amide bonds. The maximum Gasteiger partial charge on any atom is 0.239 e. The van der Waals surface area contributed by atoms with Gasteiger partial charge in [-0.25, -0.2) is 0 Å². The van der Waals surface area contributed by atoms with Gasteiger partial charge in [0.05, 0.1) is 20.3 Å². The minimum atomic E-state index is -0.0979. The molecule has 0 bridgehead atoms. The number of carbonyl (C=O) groups is 1. The van der Waals surface area contributed by atoms with Gasteiger partial charge in [0.15, 0.2) is 5.96 Å². The summed E-state index contributed by atoms with van der Waals surface area (Å²) in [5, 5.41) is 5.89. The summed E-state index contributed by atoms with van der Waals surface area (Å²) < 4.78 is 12.4. The van der Waals surface area contributed by atoms with E-state index in [-0.39, 0.29) is 36.4 Å². The van der Waals surface area contributed by atoms with Gasteiger partial charge in [0.2, 0.25) is 5.91 Å². The van der Waals surface area contributed by atoms with E-state index in [0.717, 1.165) is 22.8 Å². The van der Waals surface area contributed by atoms with Crippen LogP contribution in [0.1, 0.15) is 17.0 Å². The molecule has 0 spiro atoms. The number of methoxy groups -OCH3 is 2. The van der Waals surface area contributed by atoms with Crippen molar-refractivity contribution in [3.8, 4) is 11.4 Å². The fourth-order valence-corrected chi connectivity index (χ4v) is 3.35. The van der Waals surface area contributed by atoms with Crippen LogP contribution in [-0.2, 0) is 16.1 Å². The molecule has 2 N–H and O–H groups in total. The Hall–Kier alpha value is -2.27. The van der Waals surface area contributed by atoms with Crippen LogP contribution >= 0.6 is 24.0 Å². The van der Waals surface area contributed by atoms with Gasteiger partial charge < -0.3 is 29.6 Å². The number of hydrogen-bond donors (Lipinski definition) is 2. The number of aromatic nitrogens is 1. The Labute approximate surface area is 202 Å². The molecule has 172 valence electrons. The summed E-state index contributed by atoms with van der Waals surface area (Å²) in [5.41, 5.74) is 4.60. The highest BCUT2D eigenvalue weighted by molar-refractivity contribution is 14.0. The summed E-state index contributed by atoms with van der Waals surface area (Å²) in [5.74, 6) is 1.40. The van der Waals surface area contributed by atoms with E-state index in [4.69, 9.17) is 9.47 Å². The van der Waals surface area contributed by atoms with Crippen LogP contribution in [0.25, 0.3) is 5.69 Å². The van der Waals surface area contributed by atoms with E-state index in [9.17, 15) is 4.79 Å². The normalized spacial score (nSPS) is 11.0. The number of rotatable bonds is 9. The van der Waals surface area contributed by atoms with E-state index < -0.39 is 0 Å². The van der Waals surface area contributed by atoms with Crippen molar-refractivity contribution in [2.24, 2.45) is 4.99 Å². The highest BCUT2D eigenvalue weighted by Gasteiger charge is 2.15. The molecule has 0 aliphatic carbocycles. The molecule has 9 heteroatoms. The molecule has 0 radical (unpaired) electrons. The van der Waals surface area contributed by atoms with Gasteiger partial charge in [0, 0.05) is 51.4 Å². The summed E-state index contributed by atoms with van der Waals surface area (Å²) >= 11 is 0. The summed E-state index contributed by atoms with van der Waals surface area (Å²) in [6.07, 6.45) is 0. The third-order valence-corrected chi connectivity index (χ3v) is 4.88. The van der Waals surface area contributed by atoms with Crippen molar-refractivity contribution in [3.63, 3.8) is 0 Å². The third-order valence-electron chi connectivity index (χ3n) is 4.88. The number of carbonyl (C=O) groups excluding carboxylic acids is 1. The van der Waals surface area contributed by atoms with Gasteiger partial charge in [-0.1, -0.05) is 0 Å². The first-order chi connectivity index (χ1) is 14.4. The summed E-state index contributed by atoms with van der Waals surface area (Å²) in [7, 11) is 6.94. The fraction of sp³-hybridized carbons (Fsp3) is 0.455. The second-order valence-electron chi connectivity index (χ2n) is 7.03. The van der Waals surface area contributed by atoms with Gasteiger partial charge in [-0.2, -0.15) is 0 Å². The van der Waals surface area contributed by atoms with E-state index in [1.807, 2.05) is 24.1 Å². The molecule has 2 aromatic rings. The smallest absolute Gasteiger partial charge is 0.239 e. The van der Waals surface area contributed by atoms with Crippen molar-refractivity contribution in [1.29, 1.82) is 0 Å². The van der Waals surface area contributed by atoms with Crippen molar-refractivity contribution in [1.82, 2.24) is 20.1 Å². The zero-order valence-electron chi connectivity index (χ0n) is 19.2. The highest BCUT2D eigenvalue weighted by Crippen LogP contribution is 2.23. The Balaban J connectivity index is 0.00000480. The first-order valence-electron chi connectivity index (χ1n) is 9.91. The quantitative estimate of drug-likeness (QED) is 0.220. The lowest BCUT2D eigenvalue weighted by Gasteiger charge is -2.22. The van der Waals surface area contributed by atoms with Crippen LogP contribution in [0.15, 0.2) is 35.3 Å². The zero-order chi connectivity index (χ0) is 22.1. The predicted octanol–water partition coefficient (Wildman–Crippen LogP) is 2.49. The number of hydrogen-bond acceptors (Lipinski definition) is 4. The van der Waals surface area contributed by atoms with Gasteiger partial charge >= 0.3 is 0 Å². The Bertz CT molecular complexity index is 865. The fourth-order valence-electron chi connectivity index (χ4n) is 3.35. The van der Waals surface area contributed by atoms with Crippen LogP contribution in [0, 0.1) is 13.8 Å². The molecule has 0 saturated heterocycles. The molecule has 0 fully saturated rings. The molecule has 1 aromatic carbocycles. The van der Waals surface area contributed by atoms with Crippen LogP contribution < -0.4 is 15.4 Å². The molecule has 0 aliphatic heterocycles. The monoisotopic (exact) mass is 543 g/mol. The number of guanidine groups is 1. The average Bonchev–Trinajstić information content (AvgIpc) is 3.01. The molecule has 8 nitrogen and oxygen atoms in total. The first kappa shape index (κ1) is 26.8. The standard InChI is InChI=1S/C22H33N5O3.HI/c1-16-13-18(17(2)27(16)19-7-9-20(30-6)10-8-19)15-26(4)22(23-3)25-14-21(28)24-11-12-29-5;/h7-10,13H,11-12,14-15H2,1-6H3,(H,23,25)(H,24,28);1H. The predicted molar refractivity (Wildman–Crippen MR) is 135 cm³/mol. The van der Waals surface area contributed by atoms with Crippen molar-refractivity contribution >= 4 is 35.8 Å².